The highest BCUT2D eigenvalue weighted by Gasteiger charge is 2.33. The van der Waals surface area contributed by atoms with Crippen molar-refractivity contribution < 1.29 is 13.9 Å². The Hall–Kier alpha value is -1.65. The molecule has 0 radical (unpaired) electrons. The van der Waals surface area contributed by atoms with Gasteiger partial charge in [-0.1, -0.05) is 0 Å². The maximum absolute atomic E-state index is 13.5. The topological polar surface area (TPSA) is 42.4 Å². The molecule has 1 unspecified atom stereocenters. The Bertz CT molecular complexity index is 408. The molecular formula is C10H11FN2O2. The molecule has 0 saturated carbocycles. The van der Waals surface area contributed by atoms with Gasteiger partial charge in [-0.25, -0.2) is 9.18 Å². The first-order valence-electron chi connectivity index (χ1n) is 4.62. The number of likely N-dealkylation sites (N-methyl/N-ethyl adjacent to an activating group) is 1. The number of hydrogen-bond acceptors (Lipinski definition) is 3. The van der Waals surface area contributed by atoms with Crippen molar-refractivity contribution in [3.63, 3.8) is 0 Å². The standard InChI is InChI=1S/C10H11FN2O2/c1-6-3-4-7(11)9(12-6)8-5-15-10(14)13(8)2/h3-4,8H,5H2,1-2H3. The maximum Gasteiger partial charge on any atom is 0.410 e. The number of amides is 1. The summed E-state index contributed by atoms with van der Waals surface area (Å²) < 4.78 is 18.3. The highest BCUT2D eigenvalue weighted by molar-refractivity contribution is 5.70. The molecule has 15 heavy (non-hydrogen) atoms. The molecule has 0 aromatic carbocycles. The lowest BCUT2D eigenvalue weighted by Crippen LogP contribution is -2.24. The number of aryl methyl sites for hydroxylation is 1. The van der Waals surface area contributed by atoms with Crippen LogP contribution in [0, 0.1) is 12.7 Å². The lowest BCUT2D eigenvalue weighted by atomic mass is 10.1. The summed E-state index contributed by atoms with van der Waals surface area (Å²) in [6.45, 7) is 1.93. The fourth-order valence-electron chi connectivity index (χ4n) is 1.55. The zero-order chi connectivity index (χ0) is 11.0. The number of ether oxygens (including phenoxy) is 1. The molecular weight excluding hydrogens is 199 g/mol. The van der Waals surface area contributed by atoms with Crippen molar-refractivity contribution in [3.05, 3.63) is 29.3 Å². The molecule has 1 aliphatic rings. The fraction of sp³-hybridized carbons (Fsp3) is 0.400. The Morgan fingerprint density at radius 2 is 2.33 bits per heavy atom. The molecule has 1 aromatic rings. The molecule has 1 aliphatic heterocycles. The van der Waals surface area contributed by atoms with E-state index in [1.807, 2.05) is 0 Å². The van der Waals surface area contributed by atoms with E-state index >= 15 is 0 Å². The smallest absolute Gasteiger partial charge is 0.410 e. The summed E-state index contributed by atoms with van der Waals surface area (Å²) in [5.74, 6) is -0.407. The molecule has 1 aromatic heterocycles. The van der Waals surface area contributed by atoms with Gasteiger partial charge in [-0.15, -0.1) is 0 Å². The predicted octanol–water partition coefficient (Wildman–Crippen LogP) is 1.65. The van der Waals surface area contributed by atoms with Crippen LogP contribution in [0.15, 0.2) is 12.1 Å². The Kier molecular flexibility index (Phi) is 2.30. The number of rotatable bonds is 1. The normalized spacial score (nSPS) is 20.6. The minimum atomic E-state index is -0.442. The van der Waals surface area contributed by atoms with Crippen LogP contribution < -0.4 is 0 Å². The van der Waals surface area contributed by atoms with Crippen molar-refractivity contribution in [1.29, 1.82) is 0 Å². The Morgan fingerprint density at radius 1 is 1.60 bits per heavy atom. The lowest BCUT2D eigenvalue weighted by Gasteiger charge is -2.16. The molecule has 1 amide bonds. The third-order valence-electron chi connectivity index (χ3n) is 2.45. The molecule has 0 N–H and O–H groups in total. The molecule has 80 valence electrons. The van der Waals surface area contributed by atoms with Crippen molar-refractivity contribution in [2.45, 2.75) is 13.0 Å². The summed E-state index contributed by atoms with van der Waals surface area (Å²) in [6, 6.07) is 2.53. The van der Waals surface area contributed by atoms with Gasteiger partial charge in [0.1, 0.15) is 24.2 Å². The second kappa shape index (κ2) is 3.49. The number of carbonyl (C=O) groups excluding carboxylic acids is 1. The lowest BCUT2D eigenvalue weighted by molar-refractivity contribution is 0.163. The highest BCUT2D eigenvalue weighted by Crippen LogP contribution is 2.26. The number of hydrogen-bond donors (Lipinski definition) is 0. The third kappa shape index (κ3) is 1.65. The van der Waals surface area contributed by atoms with Crippen molar-refractivity contribution in [1.82, 2.24) is 9.88 Å². The van der Waals surface area contributed by atoms with E-state index in [1.165, 1.54) is 11.0 Å². The van der Waals surface area contributed by atoms with Crippen molar-refractivity contribution in [3.8, 4) is 0 Å². The summed E-state index contributed by atoms with van der Waals surface area (Å²) in [6.07, 6.45) is -0.442. The van der Waals surface area contributed by atoms with Gasteiger partial charge >= 0.3 is 6.09 Å². The largest absolute Gasteiger partial charge is 0.447 e. The second-order valence-electron chi connectivity index (χ2n) is 3.52. The molecule has 2 rings (SSSR count). The van der Waals surface area contributed by atoms with E-state index in [1.54, 1.807) is 20.0 Å². The molecule has 1 fully saturated rings. The van der Waals surface area contributed by atoms with Crippen LogP contribution in [0.1, 0.15) is 17.4 Å². The molecule has 1 saturated heterocycles. The zero-order valence-electron chi connectivity index (χ0n) is 8.53. The Labute approximate surface area is 86.7 Å². The summed E-state index contributed by atoms with van der Waals surface area (Å²) in [7, 11) is 1.57. The van der Waals surface area contributed by atoms with Gasteiger partial charge in [0.25, 0.3) is 0 Å². The quantitative estimate of drug-likeness (QED) is 0.707. The summed E-state index contributed by atoms with van der Waals surface area (Å²) in [5, 5.41) is 0. The molecule has 5 heteroatoms. The van der Waals surface area contributed by atoms with E-state index in [4.69, 9.17) is 4.74 Å². The summed E-state index contributed by atoms with van der Waals surface area (Å²) in [4.78, 5) is 16.6. The van der Waals surface area contributed by atoms with Crippen LogP contribution in [0.25, 0.3) is 0 Å². The fourth-order valence-corrected chi connectivity index (χ4v) is 1.55. The Morgan fingerprint density at radius 3 is 2.93 bits per heavy atom. The minimum Gasteiger partial charge on any atom is -0.447 e. The van der Waals surface area contributed by atoms with Gasteiger partial charge in [0.05, 0.1) is 0 Å². The van der Waals surface area contributed by atoms with Crippen LogP contribution in [-0.4, -0.2) is 29.6 Å². The van der Waals surface area contributed by atoms with Gasteiger partial charge in [0, 0.05) is 12.7 Å². The van der Waals surface area contributed by atoms with Gasteiger partial charge in [0.15, 0.2) is 0 Å². The first-order chi connectivity index (χ1) is 7.09. The van der Waals surface area contributed by atoms with Crippen molar-refractivity contribution in [2.24, 2.45) is 0 Å². The van der Waals surface area contributed by atoms with E-state index in [0.29, 0.717) is 0 Å². The van der Waals surface area contributed by atoms with Crippen LogP contribution in [0.2, 0.25) is 0 Å². The molecule has 0 spiro atoms. The third-order valence-corrected chi connectivity index (χ3v) is 2.45. The average molecular weight is 210 g/mol. The number of aromatic nitrogens is 1. The number of cyclic esters (lactones) is 1. The van der Waals surface area contributed by atoms with Gasteiger partial charge < -0.3 is 4.74 Å². The zero-order valence-corrected chi connectivity index (χ0v) is 8.53. The van der Waals surface area contributed by atoms with Crippen LogP contribution in [0.4, 0.5) is 9.18 Å². The SMILES string of the molecule is Cc1ccc(F)c(C2COC(=O)N2C)n1. The van der Waals surface area contributed by atoms with Crippen molar-refractivity contribution >= 4 is 6.09 Å². The highest BCUT2D eigenvalue weighted by atomic mass is 19.1. The van der Waals surface area contributed by atoms with Gasteiger partial charge in [0.2, 0.25) is 0 Å². The first kappa shape index (κ1) is 9.89. The number of halogens is 1. The Balaban J connectivity index is 2.37. The summed E-state index contributed by atoms with van der Waals surface area (Å²) >= 11 is 0. The van der Waals surface area contributed by atoms with Crippen LogP contribution >= 0.6 is 0 Å². The van der Waals surface area contributed by atoms with E-state index in [9.17, 15) is 9.18 Å². The maximum atomic E-state index is 13.5. The van der Waals surface area contributed by atoms with Crippen LogP contribution in [0.3, 0.4) is 0 Å². The van der Waals surface area contributed by atoms with E-state index < -0.39 is 18.0 Å². The first-order valence-corrected chi connectivity index (χ1v) is 4.62. The molecule has 0 bridgehead atoms. The van der Waals surface area contributed by atoms with Gasteiger partial charge in [-0.05, 0) is 19.1 Å². The van der Waals surface area contributed by atoms with Crippen LogP contribution in [-0.2, 0) is 4.74 Å². The van der Waals surface area contributed by atoms with Gasteiger partial charge in [-0.3, -0.25) is 9.88 Å². The second-order valence-corrected chi connectivity index (χ2v) is 3.52. The molecule has 4 nitrogen and oxygen atoms in total. The number of pyridine rings is 1. The van der Waals surface area contributed by atoms with Crippen LogP contribution in [0.5, 0.6) is 0 Å². The number of nitrogens with zero attached hydrogens (tertiary/aromatic N) is 2. The number of carbonyl (C=O) groups is 1. The van der Waals surface area contributed by atoms with Crippen molar-refractivity contribution in [2.75, 3.05) is 13.7 Å². The average Bonchev–Trinajstić information content (AvgIpc) is 2.52. The summed E-state index contributed by atoms with van der Waals surface area (Å²) in [5.41, 5.74) is 0.988. The molecule has 0 aliphatic carbocycles. The monoisotopic (exact) mass is 210 g/mol. The minimum absolute atomic E-state index is 0.155. The van der Waals surface area contributed by atoms with E-state index in [-0.39, 0.29) is 12.3 Å². The van der Waals surface area contributed by atoms with E-state index in [2.05, 4.69) is 4.98 Å². The van der Waals surface area contributed by atoms with E-state index in [0.717, 1.165) is 5.69 Å². The molecule has 1 atom stereocenters. The predicted molar refractivity (Wildman–Crippen MR) is 50.8 cm³/mol. The van der Waals surface area contributed by atoms with Gasteiger partial charge in [-0.2, -0.15) is 0 Å². The molecule has 2 heterocycles.